The minimum absolute atomic E-state index is 0.0733. The fourth-order valence-corrected chi connectivity index (χ4v) is 3.92. The van der Waals surface area contributed by atoms with Gasteiger partial charge in [0.1, 0.15) is 5.25 Å². The molecular formula is C21H23N3O2S. The lowest BCUT2D eigenvalue weighted by Gasteiger charge is -2.16. The van der Waals surface area contributed by atoms with Crippen molar-refractivity contribution in [2.45, 2.75) is 38.5 Å². The summed E-state index contributed by atoms with van der Waals surface area (Å²) >= 11 is 1.32. The SMILES string of the molecule is Cc1ccc(N2C(=O)CC(SC(=NC(C)C)Nc3ccccc3)C2=O)cc1. The van der Waals surface area contributed by atoms with E-state index in [0.717, 1.165) is 11.3 Å². The van der Waals surface area contributed by atoms with Crippen LogP contribution >= 0.6 is 11.8 Å². The Labute approximate surface area is 163 Å². The standard InChI is InChI=1S/C21H23N3O2S/c1-14(2)22-21(23-16-7-5-4-6-8-16)27-18-13-19(25)24(20(18)26)17-11-9-15(3)10-12-17/h4-12,14,18H,13H2,1-3H3,(H,22,23). The van der Waals surface area contributed by atoms with Crippen molar-refractivity contribution in [3.8, 4) is 0 Å². The van der Waals surface area contributed by atoms with Gasteiger partial charge in [-0.05, 0) is 45.0 Å². The monoisotopic (exact) mass is 381 g/mol. The summed E-state index contributed by atoms with van der Waals surface area (Å²) in [7, 11) is 0. The largest absolute Gasteiger partial charge is 0.335 e. The van der Waals surface area contributed by atoms with Gasteiger partial charge in [0.05, 0.1) is 5.69 Å². The molecule has 1 unspecified atom stereocenters. The Bertz CT molecular complexity index is 847. The third kappa shape index (κ3) is 4.77. The maximum absolute atomic E-state index is 12.9. The van der Waals surface area contributed by atoms with Gasteiger partial charge < -0.3 is 5.32 Å². The molecule has 0 radical (unpaired) electrons. The number of carbonyl (C=O) groups is 2. The zero-order valence-corrected chi connectivity index (χ0v) is 16.5. The molecule has 0 spiro atoms. The van der Waals surface area contributed by atoms with Crippen molar-refractivity contribution in [2.24, 2.45) is 4.99 Å². The minimum atomic E-state index is -0.479. The Balaban J connectivity index is 1.77. The lowest BCUT2D eigenvalue weighted by molar-refractivity contribution is -0.121. The van der Waals surface area contributed by atoms with Crippen molar-refractivity contribution in [1.29, 1.82) is 0 Å². The first-order valence-electron chi connectivity index (χ1n) is 8.94. The summed E-state index contributed by atoms with van der Waals surface area (Å²) in [5.74, 6) is -0.370. The predicted octanol–water partition coefficient (Wildman–Crippen LogP) is 4.24. The number of aryl methyl sites for hydroxylation is 1. The Kier molecular flexibility index (Phi) is 5.96. The molecule has 1 atom stereocenters. The number of anilines is 2. The van der Waals surface area contributed by atoms with Crippen LogP contribution in [0.3, 0.4) is 0 Å². The molecule has 0 aliphatic carbocycles. The summed E-state index contributed by atoms with van der Waals surface area (Å²) in [6, 6.07) is 17.2. The van der Waals surface area contributed by atoms with E-state index in [9.17, 15) is 9.59 Å². The highest BCUT2D eigenvalue weighted by Crippen LogP contribution is 2.31. The first kappa shape index (κ1) is 19.2. The molecule has 2 aromatic carbocycles. The second-order valence-corrected chi connectivity index (χ2v) is 7.92. The Morgan fingerprint density at radius 1 is 1.11 bits per heavy atom. The molecule has 0 bridgehead atoms. The summed E-state index contributed by atoms with van der Waals surface area (Å²) in [5.41, 5.74) is 2.61. The average molecular weight is 382 g/mol. The van der Waals surface area contributed by atoms with Gasteiger partial charge in [-0.25, -0.2) is 4.90 Å². The number of rotatable bonds is 4. The van der Waals surface area contributed by atoms with Crippen molar-refractivity contribution in [1.82, 2.24) is 0 Å². The number of imide groups is 1. The Morgan fingerprint density at radius 3 is 2.41 bits per heavy atom. The summed E-state index contributed by atoms with van der Waals surface area (Å²) in [6.07, 6.45) is 0.172. The number of amidine groups is 1. The van der Waals surface area contributed by atoms with Crippen LogP contribution in [0.4, 0.5) is 11.4 Å². The molecule has 1 aliphatic rings. The van der Waals surface area contributed by atoms with Gasteiger partial charge in [-0.2, -0.15) is 0 Å². The van der Waals surface area contributed by atoms with Crippen LogP contribution in [-0.4, -0.2) is 28.3 Å². The summed E-state index contributed by atoms with van der Waals surface area (Å²) in [6.45, 7) is 5.93. The van der Waals surface area contributed by atoms with E-state index in [1.165, 1.54) is 16.7 Å². The van der Waals surface area contributed by atoms with Crippen molar-refractivity contribution < 1.29 is 9.59 Å². The summed E-state index contributed by atoms with van der Waals surface area (Å²) < 4.78 is 0. The Morgan fingerprint density at radius 2 is 1.78 bits per heavy atom. The van der Waals surface area contributed by atoms with Gasteiger partial charge in [-0.15, -0.1) is 0 Å². The van der Waals surface area contributed by atoms with Crippen LogP contribution in [0.5, 0.6) is 0 Å². The van der Waals surface area contributed by atoms with E-state index < -0.39 is 5.25 Å². The molecule has 1 N–H and O–H groups in total. The maximum Gasteiger partial charge on any atom is 0.247 e. The highest BCUT2D eigenvalue weighted by atomic mass is 32.2. The zero-order valence-electron chi connectivity index (χ0n) is 15.7. The van der Waals surface area contributed by atoms with Gasteiger partial charge >= 0.3 is 0 Å². The molecule has 140 valence electrons. The molecule has 1 fully saturated rings. The minimum Gasteiger partial charge on any atom is -0.335 e. The number of aliphatic imine (C=N–C) groups is 1. The maximum atomic E-state index is 12.9. The molecule has 2 aromatic rings. The van der Waals surface area contributed by atoms with E-state index in [0.29, 0.717) is 10.9 Å². The van der Waals surface area contributed by atoms with E-state index in [1.54, 1.807) is 0 Å². The average Bonchev–Trinajstić information content (AvgIpc) is 2.90. The Hall–Kier alpha value is -2.60. The predicted molar refractivity (Wildman–Crippen MR) is 112 cm³/mol. The number of nitrogens with one attached hydrogen (secondary N) is 1. The van der Waals surface area contributed by atoms with E-state index in [4.69, 9.17) is 0 Å². The molecule has 27 heavy (non-hydrogen) atoms. The molecule has 1 heterocycles. The number of carbonyl (C=O) groups excluding carboxylic acids is 2. The first-order chi connectivity index (χ1) is 12.9. The molecular weight excluding hydrogens is 358 g/mol. The number of thioether (sulfide) groups is 1. The number of benzene rings is 2. The van der Waals surface area contributed by atoms with Crippen LogP contribution in [-0.2, 0) is 9.59 Å². The molecule has 0 saturated carbocycles. The number of hydrogen-bond donors (Lipinski definition) is 1. The van der Waals surface area contributed by atoms with E-state index in [2.05, 4.69) is 10.3 Å². The molecule has 5 nitrogen and oxygen atoms in total. The highest BCUT2D eigenvalue weighted by Gasteiger charge is 2.40. The zero-order chi connectivity index (χ0) is 19.4. The molecule has 0 aromatic heterocycles. The molecule has 6 heteroatoms. The normalized spacial score (nSPS) is 17.7. The summed E-state index contributed by atoms with van der Waals surface area (Å²) in [4.78, 5) is 31.2. The van der Waals surface area contributed by atoms with Crippen molar-refractivity contribution in [2.75, 3.05) is 10.2 Å². The van der Waals surface area contributed by atoms with Crippen LogP contribution in [0, 0.1) is 6.92 Å². The lowest BCUT2D eigenvalue weighted by Crippen LogP contribution is -2.31. The molecule has 3 rings (SSSR count). The first-order valence-corrected chi connectivity index (χ1v) is 9.82. The third-order valence-corrected chi connectivity index (χ3v) is 5.14. The van der Waals surface area contributed by atoms with E-state index in [-0.39, 0.29) is 24.3 Å². The summed E-state index contributed by atoms with van der Waals surface area (Å²) in [5, 5.41) is 3.43. The number of nitrogens with zero attached hydrogens (tertiary/aromatic N) is 2. The fraction of sp³-hybridized carbons (Fsp3) is 0.286. The van der Waals surface area contributed by atoms with Gasteiger partial charge in [-0.1, -0.05) is 47.7 Å². The van der Waals surface area contributed by atoms with E-state index >= 15 is 0 Å². The van der Waals surface area contributed by atoms with Crippen molar-refractivity contribution in [3.05, 3.63) is 60.2 Å². The van der Waals surface area contributed by atoms with Crippen LogP contribution in [0.2, 0.25) is 0 Å². The van der Waals surface area contributed by atoms with Crippen LogP contribution in [0.1, 0.15) is 25.8 Å². The second-order valence-electron chi connectivity index (χ2n) is 6.73. The molecule has 2 amide bonds. The third-order valence-electron chi connectivity index (χ3n) is 4.05. The number of para-hydroxylation sites is 1. The molecule has 1 saturated heterocycles. The molecule has 1 aliphatic heterocycles. The van der Waals surface area contributed by atoms with Gasteiger partial charge in [0.25, 0.3) is 0 Å². The van der Waals surface area contributed by atoms with E-state index in [1.807, 2.05) is 75.4 Å². The topological polar surface area (TPSA) is 61.8 Å². The number of hydrogen-bond acceptors (Lipinski definition) is 4. The van der Waals surface area contributed by atoms with Gasteiger partial charge in [0.2, 0.25) is 11.8 Å². The van der Waals surface area contributed by atoms with Crippen LogP contribution < -0.4 is 10.2 Å². The van der Waals surface area contributed by atoms with Crippen molar-refractivity contribution in [3.63, 3.8) is 0 Å². The van der Waals surface area contributed by atoms with Gasteiger partial charge in [0.15, 0.2) is 5.17 Å². The fourth-order valence-electron chi connectivity index (χ4n) is 2.77. The van der Waals surface area contributed by atoms with Crippen molar-refractivity contribution >= 4 is 40.1 Å². The van der Waals surface area contributed by atoms with Crippen LogP contribution in [0.25, 0.3) is 0 Å². The smallest absolute Gasteiger partial charge is 0.247 e. The second kappa shape index (κ2) is 8.39. The highest BCUT2D eigenvalue weighted by molar-refractivity contribution is 8.15. The van der Waals surface area contributed by atoms with Gasteiger partial charge in [-0.3, -0.25) is 14.6 Å². The quantitative estimate of drug-likeness (QED) is 0.489. The van der Waals surface area contributed by atoms with Crippen LogP contribution in [0.15, 0.2) is 59.6 Å². The number of amides is 2. The lowest BCUT2D eigenvalue weighted by atomic mass is 10.2. The van der Waals surface area contributed by atoms with Gasteiger partial charge in [0, 0.05) is 18.2 Å².